The highest BCUT2D eigenvalue weighted by Gasteiger charge is 2.36. The summed E-state index contributed by atoms with van der Waals surface area (Å²) < 4.78 is 3.23. The van der Waals surface area contributed by atoms with Crippen molar-refractivity contribution < 1.29 is 4.79 Å². The quantitative estimate of drug-likeness (QED) is 0.523. The van der Waals surface area contributed by atoms with E-state index in [4.69, 9.17) is 5.10 Å². The van der Waals surface area contributed by atoms with Gasteiger partial charge in [-0.05, 0) is 42.9 Å². The van der Waals surface area contributed by atoms with E-state index >= 15 is 0 Å². The zero-order chi connectivity index (χ0) is 23.3. The maximum Gasteiger partial charge on any atom is 0.274 e. The van der Waals surface area contributed by atoms with Crippen LogP contribution in [0.4, 0.5) is 0 Å². The fourth-order valence-electron chi connectivity index (χ4n) is 4.87. The largest absolute Gasteiger partial charge is 0.344 e. The Morgan fingerprint density at radius 3 is 2.55 bits per heavy atom. The van der Waals surface area contributed by atoms with Crippen LogP contribution in [0.3, 0.4) is 0 Å². The highest BCUT2D eigenvalue weighted by molar-refractivity contribution is 6.04. The molecule has 1 amide bonds. The monoisotopic (exact) mass is 441 g/mol. The van der Waals surface area contributed by atoms with Crippen LogP contribution in [-0.2, 0) is 13.5 Å². The summed E-state index contributed by atoms with van der Waals surface area (Å²) in [6, 6.07) is 15.1. The SMILES string of the molecule is Cc1ccccc1-n1ncc2c1CC(C)(C)C[C@H]2NC(=O)c1nn(C)c(=O)c2ccccc12. The predicted molar refractivity (Wildman–Crippen MR) is 128 cm³/mol. The van der Waals surface area contributed by atoms with Crippen molar-refractivity contribution in [2.24, 2.45) is 12.5 Å². The van der Waals surface area contributed by atoms with E-state index in [1.54, 1.807) is 25.2 Å². The fraction of sp³-hybridized carbons (Fsp3) is 0.308. The lowest BCUT2D eigenvalue weighted by molar-refractivity contribution is 0.0914. The van der Waals surface area contributed by atoms with Crippen molar-refractivity contribution in [3.8, 4) is 5.69 Å². The Bertz CT molecular complexity index is 1450. The number of benzene rings is 2. The number of hydrogen-bond acceptors (Lipinski definition) is 4. The Morgan fingerprint density at radius 2 is 1.79 bits per heavy atom. The smallest absolute Gasteiger partial charge is 0.274 e. The van der Waals surface area contributed by atoms with Gasteiger partial charge in [-0.2, -0.15) is 10.2 Å². The van der Waals surface area contributed by atoms with E-state index in [9.17, 15) is 9.59 Å². The summed E-state index contributed by atoms with van der Waals surface area (Å²) in [6.45, 7) is 6.50. The van der Waals surface area contributed by atoms with Gasteiger partial charge in [-0.15, -0.1) is 0 Å². The minimum Gasteiger partial charge on any atom is -0.344 e. The number of nitrogens with zero attached hydrogens (tertiary/aromatic N) is 4. The second-order valence-electron chi connectivity index (χ2n) is 9.64. The number of carbonyl (C=O) groups excluding carboxylic acids is 1. The molecule has 0 unspecified atom stereocenters. The topological polar surface area (TPSA) is 81.8 Å². The molecule has 33 heavy (non-hydrogen) atoms. The third kappa shape index (κ3) is 3.63. The summed E-state index contributed by atoms with van der Waals surface area (Å²) in [7, 11) is 1.57. The summed E-state index contributed by atoms with van der Waals surface area (Å²) in [6.07, 6.45) is 3.52. The average molecular weight is 442 g/mol. The number of fused-ring (bicyclic) bond motifs is 2. The molecule has 1 aliphatic carbocycles. The molecule has 0 spiro atoms. The summed E-state index contributed by atoms with van der Waals surface area (Å²) in [5.41, 5.74) is 4.35. The molecule has 7 nitrogen and oxygen atoms in total. The van der Waals surface area contributed by atoms with Gasteiger partial charge in [0.2, 0.25) is 0 Å². The highest BCUT2D eigenvalue weighted by Crippen LogP contribution is 2.41. The van der Waals surface area contributed by atoms with Crippen molar-refractivity contribution in [1.82, 2.24) is 24.9 Å². The Hall–Kier alpha value is -3.74. The van der Waals surface area contributed by atoms with E-state index < -0.39 is 0 Å². The molecule has 2 aromatic carbocycles. The standard InChI is InChI=1S/C26H27N5O2/c1-16-9-5-8-12-21(16)31-22-14-26(2,3)13-20(19(22)15-27-31)28-24(32)23-17-10-6-7-11-18(17)25(33)30(4)29-23/h5-12,15,20H,13-14H2,1-4H3,(H,28,32)/t20-/m1/s1. The maximum absolute atomic E-state index is 13.4. The van der Waals surface area contributed by atoms with Gasteiger partial charge in [-0.1, -0.05) is 50.2 Å². The minimum atomic E-state index is -0.293. The lowest BCUT2D eigenvalue weighted by Crippen LogP contribution is -2.38. The van der Waals surface area contributed by atoms with Crippen LogP contribution in [0.2, 0.25) is 0 Å². The van der Waals surface area contributed by atoms with Gasteiger partial charge in [0.25, 0.3) is 11.5 Å². The van der Waals surface area contributed by atoms with E-state index in [0.29, 0.717) is 10.8 Å². The molecule has 168 valence electrons. The fourth-order valence-corrected chi connectivity index (χ4v) is 4.87. The van der Waals surface area contributed by atoms with Gasteiger partial charge in [-0.3, -0.25) is 9.59 Å². The van der Waals surface area contributed by atoms with Crippen LogP contribution >= 0.6 is 0 Å². The molecule has 0 bridgehead atoms. The van der Waals surface area contributed by atoms with Gasteiger partial charge < -0.3 is 5.32 Å². The first-order valence-electron chi connectivity index (χ1n) is 11.1. The van der Waals surface area contributed by atoms with E-state index in [1.165, 1.54) is 4.68 Å². The van der Waals surface area contributed by atoms with Crippen LogP contribution in [0, 0.1) is 12.3 Å². The molecule has 0 saturated heterocycles. The number of nitrogens with one attached hydrogen (secondary N) is 1. The van der Waals surface area contributed by atoms with Crippen LogP contribution in [0.1, 0.15) is 53.6 Å². The number of carbonyl (C=O) groups is 1. The zero-order valence-corrected chi connectivity index (χ0v) is 19.3. The second kappa shape index (κ2) is 7.69. The molecular formula is C26H27N5O2. The van der Waals surface area contributed by atoms with Gasteiger partial charge in [0, 0.05) is 18.0 Å². The van der Waals surface area contributed by atoms with Crippen LogP contribution in [0.5, 0.6) is 0 Å². The van der Waals surface area contributed by atoms with Gasteiger partial charge in [0.1, 0.15) is 0 Å². The molecule has 0 fully saturated rings. The Morgan fingerprint density at radius 1 is 1.09 bits per heavy atom. The van der Waals surface area contributed by atoms with E-state index in [2.05, 4.69) is 43.3 Å². The van der Waals surface area contributed by atoms with Gasteiger partial charge in [0.05, 0.1) is 29.0 Å². The van der Waals surface area contributed by atoms with E-state index in [1.807, 2.05) is 29.1 Å². The molecule has 1 N–H and O–H groups in total. The maximum atomic E-state index is 13.4. The molecular weight excluding hydrogens is 414 g/mol. The number of para-hydroxylation sites is 1. The molecule has 1 atom stereocenters. The average Bonchev–Trinajstić information content (AvgIpc) is 3.19. The first-order valence-corrected chi connectivity index (χ1v) is 11.1. The lowest BCUT2D eigenvalue weighted by Gasteiger charge is -2.36. The second-order valence-corrected chi connectivity index (χ2v) is 9.64. The molecule has 5 rings (SSSR count). The number of hydrogen-bond donors (Lipinski definition) is 1. The van der Waals surface area contributed by atoms with Crippen LogP contribution in [-0.4, -0.2) is 25.5 Å². The first-order chi connectivity index (χ1) is 15.7. The molecule has 0 radical (unpaired) electrons. The van der Waals surface area contributed by atoms with E-state index in [-0.39, 0.29) is 28.6 Å². The van der Waals surface area contributed by atoms with Crippen molar-refractivity contribution in [2.45, 2.75) is 39.7 Å². The number of aryl methyl sites for hydroxylation is 2. The first kappa shape index (κ1) is 21.1. The van der Waals surface area contributed by atoms with Gasteiger partial charge >= 0.3 is 0 Å². The van der Waals surface area contributed by atoms with Crippen molar-refractivity contribution in [3.63, 3.8) is 0 Å². The molecule has 7 heteroatoms. The minimum absolute atomic E-state index is 0.0234. The number of aromatic nitrogens is 4. The Kier molecular flexibility index (Phi) is 4.92. The summed E-state index contributed by atoms with van der Waals surface area (Å²) >= 11 is 0. The van der Waals surface area contributed by atoms with Crippen molar-refractivity contribution >= 4 is 16.7 Å². The van der Waals surface area contributed by atoms with Crippen LogP contribution in [0.25, 0.3) is 16.5 Å². The van der Waals surface area contributed by atoms with Crippen LogP contribution < -0.4 is 10.9 Å². The van der Waals surface area contributed by atoms with Gasteiger partial charge in [0.15, 0.2) is 5.69 Å². The van der Waals surface area contributed by atoms with E-state index in [0.717, 1.165) is 35.3 Å². The third-order valence-corrected chi connectivity index (χ3v) is 6.50. The van der Waals surface area contributed by atoms with Crippen LogP contribution in [0.15, 0.2) is 59.5 Å². The van der Waals surface area contributed by atoms with Crippen molar-refractivity contribution in [1.29, 1.82) is 0 Å². The molecule has 4 aromatic rings. The highest BCUT2D eigenvalue weighted by atomic mass is 16.2. The molecule has 0 aliphatic heterocycles. The molecule has 1 aliphatic rings. The summed E-state index contributed by atoms with van der Waals surface area (Å²) in [4.78, 5) is 25.9. The van der Waals surface area contributed by atoms with Gasteiger partial charge in [-0.25, -0.2) is 9.36 Å². The molecule has 2 heterocycles. The summed E-state index contributed by atoms with van der Waals surface area (Å²) in [5.74, 6) is -0.293. The Balaban J connectivity index is 1.56. The number of amides is 1. The Labute approximate surface area is 192 Å². The van der Waals surface area contributed by atoms with Crippen molar-refractivity contribution in [3.05, 3.63) is 87.6 Å². The third-order valence-electron chi connectivity index (χ3n) is 6.50. The van der Waals surface area contributed by atoms with Crippen molar-refractivity contribution in [2.75, 3.05) is 0 Å². The molecule has 2 aromatic heterocycles. The summed E-state index contributed by atoms with van der Waals surface area (Å²) in [5, 5.41) is 13.2. The predicted octanol–water partition coefficient (Wildman–Crippen LogP) is 3.87. The number of rotatable bonds is 3. The molecule has 0 saturated carbocycles. The zero-order valence-electron chi connectivity index (χ0n) is 19.3. The lowest BCUT2D eigenvalue weighted by atomic mass is 9.74. The normalized spacial score (nSPS) is 17.0.